The SMILES string of the molecule is COc1cccc(C(=S)NCc2cccc(C)c2)c1OCc1c(F)cccc1Cl. The third-order valence-electron chi connectivity index (χ3n) is 4.40. The lowest BCUT2D eigenvalue weighted by Gasteiger charge is -2.17. The minimum Gasteiger partial charge on any atom is -0.493 e. The quantitative estimate of drug-likeness (QED) is 0.478. The van der Waals surface area contributed by atoms with Gasteiger partial charge in [-0.3, -0.25) is 0 Å². The molecule has 3 rings (SSSR count). The maximum absolute atomic E-state index is 14.1. The predicted octanol–water partition coefficient (Wildman–Crippen LogP) is 5.84. The van der Waals surface area contributed by atoms with Crippen molar-refractivity contribution in [3.8, 4) is 11.5 Å². The molecule has 0 saturated carbocycles. The fourth-order valence-corrected chi connectivity index (χ4v) is 3.37. The summed E-state index contributed by atoms with van der Waals surface area (Å²) in [5.74, 6) is 0.528. The van der Waals surface area contributed by atoms with E-state index in [-0.39, 0.29) is 12.2 Å². The third-order valence-corrected chi connectivity index (χ3v) is 5.12. The Balaban J connectivity index is 1.80. The highest BCUT2D eigenvalue weighted by atomic mass is 35.5. The molecule has 0 unspecified atom stereocenters. The van der Waals surface area contributed by atoms with Crippen LogP contribution in [0, 0.1) is 12.7 Å². The Bertz CT molecular complexity index is 1010. The van der Waals surface area contributed by atoms with Crippen LogP contribution in [0.2, 0.25) is 5.02 Å². The molecule has 0 fully saturated rings. The van der Waals surface area contributed by atoms with Gasteiger partial charge in [-0.1, -0.05) is 65.8 Å². The van der Waals surface area contributed by atoms with Crippen LogP contribution in [0.5, 0.6) is 11.5 Å². The third kappa shape index (κ3) is 5.25. The zero-order valence-corrected chi connectivity index (χ0v) is 17.7. The van der Waals surface area contributed by atoms with Crippen LogP contribution in [0.15, 0.2) is 60.7 Å². The second-order valence-electron chi connectivity index (χ2n) is 6.50. The van der Waals surface area contributed by atoms with Crippen molar-refractivity contribution in [3.05, 3.63) is 93.8 Å². The molecule has 29 heavy (non-hydrogen) atoms. The van der Waals surface area contributed by atoms with Crippen LogP contribution in [-0.2, 0) is 13.2 Å². The van der Waals surface area contributed by atoms with Crippen molar-refractivity contribution in [2.24, 2.45) is 0 Å². The number of nitrogens with one attached hydrogen (secondary N) is 1. The molecule has 6 heteroatoms. The molecule has 0 bridgehead atoms. The molecule has 1 N–H and O–H groups in total. The number of thiocarbonyl (C=S) groups is 1. The first-order valence-electron chi connectivity index (χ1n) is 9.06. The van der Waals surface area contributed by atoms with E-state index in [0.717, 1.165) is 5.56 Å². The average molecular weight is 430 g/mol. The molecule has 150 valence electrons. The summed E-state index contributed by atoms with van der Waals surface area (Å²) in [6, 6.07) is 18.2. The second-order valence-corrected chi connectivity index (χ2v) is 7.31. The van der Waals surface area contributed by atoms with Gasteiger partial charge in [-0.15, -0.1) is 0 Å². The molecule has 0 saturated heterocycles. The van der Waals surface area contributed by atoms with Crippen LogP contribution in [0.4, 0.5) is 4.39 Å². The Kier molecular flexibility index (Phi) is 7.07. The number of rotatable bonds is 7. The molecule has 0 aliphatic carbocycles. The lowest BCUT2D eigenvalue weighted by molar-refractivity contribution is 0.279. The summed E-state index contributed by atoms with van der Waals surface area (Å²) in [7, 11) is 1.55. The largest absolute Gasteiger partial charge is 0.493 e. The summed E-state index contributed by atoms with van der Waals surface area (Å²) in [4.78, 5) is 0.514. The Morgan fingerprint density at radius 3 is 2.59 bits per heavy atom. The van der Waals surface area contributed by atoms with E-state index in [0.29, 0.717) is 33.6 Å². The van der Waals surface area contributed by atoms with E-state index in [9.17, 15) is 4.39 Å². The van der Waals surface area contributed by atoms with E-state index in [4.69, 9.17) is 33.3 Å². The van der Waals surface area contributed by atoms with E-state index in [1.54, 1.807) is 25.3 Å². The average Bonchev–Trinajstić information content (AvgIpc) is 2.71. The lowest BCUT2D eigenvalue weighted by Crippen LogP contribution is -2.22. The van der Waals surface area contributed by atoms with Crippen molar-refractivity contribution in [2.75, 3.05) is 7.11 Å². The summed E-state index contributed by atoms with van der Waals surface area (Å²) in [6.07, 6.45) is 0. The van der Waals surface area contributed by atoms with E-state index in [2.05, 4.69) is 11.4 Å². The van der Waals surface area contributed by atoms with Crippen LogP contribution >= 0.6 is 23.8 Å². The standard InChI is InChI=1S/C23H21ClFNO2S/c1-15-6-3-7-16(12-15)13-26-23(29)17-8-4-11-21(27-2)22(17)28-14-18-19(24)9-5-10-20(18)25/h3-12H,13-14H2,1-2H3,(H,26,29). The first-order valence-corrected chi connectivity index (χ1v) is 9.84. The number of hydrogen-bond acceptors (Lipinski definition) is 3. The molecule has 0 atom stereocenters. The van der Waals surface area contributed by atoms with E-state index < -0.39 is 5.82 Å². The molecule has 3 aromatic carbocycles. The highest BCUT2D eigenvalue weighted by Gasteiger charge is 2.16. The summed E-state index contributed by atoms with van der Waals surface area (Å²) in [5, 5.41) is 3.56. The minimum absolute atomic E-state index is 0.0423. The molecule has 0 radical (unpaired) electrons. The molecule has 0 amide bonds. The highest BCUT2D eigenvalue weighted by molar-refractivity contribution is 7.80. The Hall–Kier alpha value is -2.63. The number of benzene rings is 3. The van der Waals surface area contributed by atoms with Crippen LogP contribution < -0.4 is 14.8 Å². The number of methoxy groups -OCH3 is 1. The van der Waals surface area contributed by atoms with Gasteiger partial charge in [0.25, 0.3) is 0 Å². The maximum atomic E-state index is 14.1. The number of para-hydroxylation sites is 1. The van der Waals surface area contributed by atoms with Crippen molar-refractivity contribution in [1.29, 1.82) is 0 Å². The van der Waals surface area contributed by atoms with E-state index in [1.165, 1.54) is 11.6 Å². The zero-order valence-electron chi connectivity index (χ0n) is 16.2. The van der Waals surface area contributed by atoms with Crippen molar-refractivity contribution in [2.45, 2.75) is 20.1 Å². The second kappa shape index (κ2) is 9.72. The first kappa shape index (κ1) is 21.1. The number of ether oxygens (including phenoxy) is 2. The molecule has 3 aromatic rings. The number of aryl methyl sites for hydroxylation is 1. The van der Waals surface area contributed by atoms with Gasteiger partial charge >= 0.3 is 0 Å². The predicted molar refractivity (Wildman–Crippen MR) is 118 cm³/mol. The van der Waals surface area contributed by atoms with Gasteiger partial charge in [0.2, 0.25) is 0 Å². The Morgan fingerprint density at radius 1 is 1.10 bits per heavy atom. The van der Waals surface area contributed by atoms with Crippen LogP contribution in [-0.4, -0.2) is 12.1 Å². The van der Waals surface area contributed by atoms with Gasteiger partial charge in [0.15, 0.2) is 11.5 Å². The van der Waals surface area contributed by atoms with Gasteiger partial charge < -0.3 is 14.8 Å². The van der Waals surface area contributed by atoms with E-state index in [1.807, 2.05) is 37.3 Å². The van der Waals surface area contributed by atoms with Gasteiger partial charge in [-0.2, -0.15) is 0 Å². The molecular weight excluding hydrogens is 409 g/mol. The molecular formula is C23H21ClFNO2S. The van der Waals surface area contributed by atoms with Crippen molar-refractivity contribution >= 4 is 28.8 Å². The van der Waals surface area contributed by atoms with Gasteiger partial charge in [-0.25, -0.2) is 4.39 Å². The smallest absolute Gasteiger partial charge is 0.171 e. The van der Waals surface area contributed by atoms with Crippen LogP contribution in [0.1, 0.15) is 22.3 Å². The van der Waals surface area contributed by atoms with E-state index >= 15 is 0 Å². The normalized spacial score (nSPS) is 10.5. The van der Waals surface area contributed by atoms with Crippen LogP contribution in [0.3, 0.4) is 0 Å². The zero-order chi connectivity index (χ0) is 20.8. The molecule has 0 heterocycles. The molecule has 0 aliphatic rings. The van der Waals surface area contributed by atoms with Gasteiger partial charge in [-0.05, 0) is 36.8 Å². The van der Waals surface area contributed by atoms with Crippen molar-refractivity contribution < 1.29 is 13.9 Å². The Labute approximate surface area is 180 Å². The molecule has 3 nitrogen and oxygen atoms in total. The summed E-state index contributed by atoms with van der Waals surface area (Å²) < 4.78 is 25.4. The van der Waals surface area contributed by atoms with Gasteiger partial charge in [0.1, 0.15) is 17.4 Å². The molecule has 0 aromatic heterocycles. The topological polar surface area (TPSA) is 30.5 Å². The number of hydrogen-bond donors (Lipinski definition) is 1. The summed E-state index contributed by atoms with van der Waals surface area (Å²) >= 11 is 11.7. The maximum Gasteiger partial charge on any atom is 0.171 e. The van der Waals surface area contributed by atoms with Gasteiger partial charge in [0, 0.05) is 12.1 Å². The minimum atomic E-state index is -0.422. The fourth-order valence-electron chi connectivity index (χ4n) is 2.92. The lowest BCUT2D eigenvalue weighted by atomic mass is 10.1. The summed E-state index contributed by atoms with van der Waals surface area (Å²) in [6.45, 7) is 2.58. The van der Waals surface area contributed by atoms with Crippen molar-refractivity contribution in [1.82, 2.24) is 5.32 Å². The fraction of sp³-hybridized carbons (Fsp3) is 0.174. The summed E-state index contributed by atoms with van der Waals surface area (Å²) in [5.41, 5.74) is 3.25. The molecule has 0 aliphatic heterocycles. The molecule has 0 spiro atoms. The Morgan fingerprint density at radius 2 is 1.86 bits per heavy atom. The monoisotopic (exact) mass is 429 g/mol. The van der Waals surface area contributed by atoms with Gasteiger partial charge in [0.05, 0.1) is 17.7 Å². The number of halogens is 2. The highest BCUT2D eigenvalue weighted by Crippen LogP contribution is 2.33. The van der Waals surface area contributed by atoms with Crippen molar-refractivity contribution in [3.63, 3.8) is 0 Å². The first-order chi connectivity index (χ1) is 14.0. The van der Waals surface area contributed by atoms with Crippen LogP contribution in [0.25, 0.3) is 0 Å².